The van der Waals surface area contributed by atoms with Crippen molar-refractivity contribution in [2.75, 3.05) is 5.32 Å². The van der Waals surface area contributed by atoms with E-state index in [2.05, 4.69) is 45.0 Å². The molecule has 1 aliphatic carbocycles. The molecule has 0 spiro atoms. The van der Waals surface area contributed by atoms with Gasteiger partial charge in [-0.05, 0) is 48.6 Å². The number of hydrogen-bond donors (Lipinski definition) is 1. The van der Waals surface area contributed by atoms with E-state index >= 15 is 0 Å². The number of fused-ring (bicyclic) bond motifs is 2. The molecule has 1 aliphatic rings. The highest BCUT2D eigenvalue weighted by Gasteiger charge is 2.22. The van der Waals surface area contributed by atoms with Crippen LogP contribution in [0.4, 0.5) is 5.13 Å². The van der Waals surface area contributed by atoms with E-state index in [1.54, 1.807) is 11.3 Å². The fourth-order valence-corrected chi connectivity index (χ4v) is 5.02. The number of pyridine rings is 1. The molecule has 5 rings (SSSR count). The SMILES string of the molecule is CC1CCCCC1Nc1nc2ccc(Cn3cnc4cccnc43)cc2s1. The maximum atomic E-state index is 4.81. The van der Waals surface area contributed by atoms with Gasteiger partial charge in [-0.2, -0.15) is 0 Å². The van der Waals surface area contributed by atoms with Crippen LogP contribution in [0, 0.1) is 5.92 Å². The van der Waals surface area contributed by atoms with Crippen LogP contribution in [0.15, 0.2) is 42.9 Å². The van der Waals surface area contributed by atoms with Crippen molar-refractivity contribution in [2.24, 2.45) is 5.92 Å². The molecule has 5 nitrogen and oxygen atoms in total. The molecular formula is C21H23N5S. The summed E-state index contributed by atoms with van der Waals surface area (Å²) in [6.07, 6.45) is 8.94. The van der Waals surface area contributed by atoms with E-state index in [0.717, 1.165) is 34.3 Å². The predicted octanol–water partition coefficient (Wildman–Crippen LogP) is 5.08. The fraction of sp³-hybridized carbons (Fsp3) is 0.381. The van der Waals surface area contributed by atoms with E-state index in [9.17, 15) is 0 Å². The van der Waals surface area contributed by atoms with Gasteiger partial charge in [-0.25, -0.2) is 15.0 Å². The number of anilines is 1. The van der Waals surface area contributed by atoms with Crippen molar-refractivity contribution < 1.29 is 0 Å². The van der Waals surface area contributed by atoms with Gasteiger partial charge in [-0.3, -0.25) is 0 Å². The zero-order valence-corrected chi connectivity index (χ0v) is 16.2. The molecule has 3 aromatic heterocycles. The number of aromatic nitrogens is 4. The third-order valence-electron chi connectivity index (χ3n) is 5.60. The van der Waals surface area contributed by atoms with Gasteiger partial charge in [0, 0.05) is 12.2 Å². The number of thiazole rings is 1. The van der Waals surface area contributed by atoms with Crippen molar-refractivity contribution in [1.82, 2.24) is 19.5 Å². The highest BCUT2D eigenvalue weighted by molar-refractivity contribution is 7.22. The van der Waals surface area contributed by atoms with Crippen molar-refractivity contribution in [1.29, 1.82) is 0 Å². The number of nitrogens with zero attached hydrogens (tertiary/aromatic N) is 4. The summed E-state index contributed by atoms with van der Waals surface area (Å²) in [5.41, 5.74) is 4.18. The summed E-state index contributed by atoms with van der Waals surface area (Å²) in [5.74, 6) is 0.725. The summed E-state index contributed by atoms with van der Waals surface area (Å²) in [6.45, 7) is 3.12. The zero-order chi connectivity index (χ0) is 18.2. The van der Waals surface area contributed by atoms with Crippen LogP contribution in [-0.2, 0) is 6.54 Å². The first kappa shape index (κ1) is 16.7. The van der Waals surface area contributed by atoms with Crippen LogP contribution in [0.3, 0.4) is 0 Å². The molecule has 6 heteroatoms. The molecule has 0 amide bonds. The van der Waals surface area contributed by atoms with Crippen LogP contribution in [0.2, 0.25) is 0 Å². The minimum Gasteiger partial charge on any atom is -0.358 e. The second kappa shape index (κ2) is 6.93. The Hall–Kier alpha value is -2.47. The van der Waals surface area contributed by atoms with Gasteiger partial charge in [0.25, 0.3) is 0 Å². The molecule has 0 bridgehead atoms. The first-order valence-electron chi connectivity index (χ1n) is 9.68. The lowest BCUT2D eigenvalue weighted by Crippen LogP contribution is -2.30. The monoisotopic (exact) mass is 377 g/mol. The summed E-state index contributed by atoms with van der Waals surface area (Å²) >= 11 is 1.76. The topological polar surface area (TPSA) is 55.6 Å². The van der Waals surface area contributed by atoms with Gasteiger partial charge in [-0.1, -0.05) is 37.2 Å². The van der Waals surface area contributed by atoms with Crippen molar-refractivity contribution in [3.8, 4) is 0 Å². The van der Waals surface area contributed by atoms with Gasteiger partial charge in [0.1, 0.15) is 5.52 Å². The Labute approximate surface area is 162 Å². The molecule has 138 valence electrons. The van der Waals surface area contributed by atoms with Crippen LogP contribution < -0.4 is 5.32 Å². The average Bonchev–Trinajstić information content (AvgIpc) is 3.27. The van der Waals surface area contributed by atoms with Crippen LogP contribution in [0.25, 0.3) is 21.4 Å². The smallest absolute Gasteiger partial charge is 0.184 e. The fourth-order valence-electron chi connectivity index (χ4n) is 4.03. The molecule has 0 saturated heterocycles. The minimum absolute atomic E-state index is 0.558. The molecule has 0 radical (unpaired) electrons. The molecule has 1 fully saturated rings. The largest absolute Gasteiger partial charge is 0.358 e. The van der Waals surface area contributed by atoms with Gasteiger partial charge in [0.05, 0.1) is 23.1 Å². The molecule has 0 aliphatic heterocycles. The molecule has 27 heavy (non-hydrogen) atoms. The third-order valence-corrected chi connectivity index (χ3v) is 6.55. The number of benzene rings is 1. The van der Waals surface area contributed by atoms with E-state index in [1.807, 2.05) is 24.7 Å². The van der Waals surface area contributed by atoms with Crippen LogP contribution in [-0.4, -0.2) is 25.6 Å². The summed E-state index contributed by atoms with van der Waals surface area (Å²) < 4.78 is 3.33. The maximum Gasteiger partial charge on any atom is 0.184 e. The second-order valence-electron chi connectivity index (χ2n) is 7.55. The zero-order valence-electron chi connectivity index (χ0n) is 15.4. The van der Waals surface area contributed by atoms with Gasteiger partial charge in [0.2, 0.25) is 0 Å². The van der Waals surface area contributed by atoms with E-state index in [-0.39, 0.29) is 0 Å². The van der Waals surface area contributed by atoms with Crippen molar-refractivity contribution in [3.05, 3.63) is 48.4 Å². The standard InChI is InChI=1S/C21H23N5S/c1-14-5-2-3-6-16(14)24-21-25-17-9-8-15(11-19(17)27-21)12-26-13-23-18-7-4-10-22-20(18)26/h4,7-11,13-14,16H,2-3,5-6,12H2,1H3,(H,24,25). The van der Waals surface area contributed by atoms with Crippen molar-refractivity contribution >= 4 is 37.8 Å². The molecule has 1 aromatic carbocycles. The van der Waals surface area contributed by atoms with E-state index in [1.165, 1.54) is 35.9 Å². The van der Waals surface area contributed by atoms with Gasteiger partial charge in [-0.15, -0.1) is 0 Å². The Bertz CT molecular complexity index is 1080. The van der Waals surface area contributed by atoms with Crippen LogP contribution in [0.5, 0.6) is 0 Å². The van der Waals surface area contributed by atoms with E-state index in [0.29, 0.717) is 6.04 Å². The number of hydrogen-bond acceptors (Lipinski definition) is 5. The Morgan fingerprint density at radius 1 is 1.15 bits per heavy atom. The van der Waals surface area contributed by atoms with Gasteiger partial charge < -0.3 is 9.88 Å². The highest BCUT2D eigenvalue weighted by atomic mass is 32.1. The lowest BCUT2D eigenvalue weighted by Gasteiger charge is -2.29. The van der Waals surface area contributed by atoms with Crippen molar-refractivity contribution in [2.45, 2.75) is 45.2 Å². The number of imidazole rings is 1. The maximum absolute atomic E-state index is 4.81. The number of nitrogens with one attached hydrogen (secondary N) is 1. The summed E-state index contributed by atoms with van der Waals surface area (Å²) in [5, 5.41) is 4.74. The summed E-state index contributed by atoms with van der Waals surface area (Å²) in [6, 6.07) is 11.0. The van der Waals surface area contributed by atoms with Crippen LogP contribution in [0.1, 0.15) is 38.2 Å². The first-order valence-corrected chi connectivity index (χ1v) is 10.5. The number of rotatable bonds is 4. The quantitative estimate of drug-likeness (QED) is 0.539. The lowest BCUT2D eigenvalue weighted by atomic mass is 9.86. The Balaban J connectivity index is 1.39. The Kier molecular flexibility index (Phi) is 4.28. The molecule has 2 atom stereocenters. The normalized spacial score (nSPS) is 20.3. The molecule has 4 aromatic rings. The van der Waals surface area contributed by atoms with Gasteiger partial charge in [0.15, 0.2) is 10.8 Å². The molecule has 1 N–H and O–H groups in total. The first-order chi connectivity index (χ1) is 13.3. The summed E-state index contributed by atoms with van der Waals surface area (Å²) in [7, 11) is 0. The van der Waals surface area contributed by atoms with E-state index < -0.39 is 0 Å². The Morgan fingerprint density at radius 3 is 3.00 bits per heavy atom. The summed E-state index contributed by atoms with van der Waals surface area (Å²) in [4.78, 5) is 13.7. The minimum atomic E-state index is 0.558. The predicted molar refractivity (Wildman–Crippen MR) is 111 cm³/mol. The second-order valence-corrected chi connectivity index (χ2v) is 8.58. The van der Waals surface area contributed by atoms with Crippen LogP contribution >= 0.6 is 11.3 Å². The average molecular weight is 378 g/mol. The molecule has 3 heterocycles. The van der Waals surface area contributed by atoms with Gasteiger partial charge >= 0.3 is 0 Å². The molecule has 1 saturated carbocycles. The Morgan fingerprint density at radius 2 is 2.07 bits per heavy atom. The molecular weight excluding hydrogens is 354 g/mol. The van der Waals surface area contributed by atoms with Crippen molar-refractivity contribution in [3.63, 3.8) is 0 Å². The lowest BCUT2D eigenvalue weighted by molar-refractivity contribution is 0.349. The third kappa shape index (κ3) is 3.30. The molecule has 2 unspecified atom stereocenters. The van der Waals surface area contributed by atoms with E-state index in [4.69, 9.17) is 4.98 Å². The highest BCUT2D eigenvalue weighted by Crippen LogP contribution is 2.31.